The molecular weight excluding hydrogens is 376 g/mol. The van der Waals surface area contributed by atoms with Gasteiger partial charge in [0.15, 0.2) is 0 Å². The molecule has 1 saturated heterocycles. The van der Waals surface area contributed by atoms with Crippen LogP contribution in [0, 0.1) is 0 Å². The highest BCUT2D eigenvalue weighted by molar-refractivity contribution is 5.88. The summed E-state index contributed by atoms with van der Waals surface area (Å²) in [6, 6.07) is 17.4. The molecule has 5 nitrogen and oxygen atoms in total. The van der Waals surface area contributed by atoms with E-state index in [1.165, 1.54) is 12.5 Å². The van der Waals surface area contributed by atoms with Gasteiger partial charge in [-0.3, -0.25) is 9.69 Å². The zero-order valence-electron chi connectivity index (χ0n) is 16.2. The average molecular weight is 405 g/mol. The Kier molecular flexibility index (Phi) is 8.01. The number of anilines is 1. The Morgan fingerprint density at radius 1 is 1.11 bits per heavy atom. The second kappa shape index (κ2) is 10.0. The fourth-order valence-electron chi connectivity index (χ4n) is 3.64. The molecule has 1 aliphatic heterocycles. The van der Waals surface area contributed by atoms with Crippen LogP contribution in [0.3, 0.4) is 0 Å². The number of halogens is 1. The van der Waals surface area contributed by atoms with E-state index in [1.807, 2.05) is 54.6 Å². The van der Waals surface area contributed by atoms with Gasteiger partial charge in [0.2, 0.25) is 5.91 Å². The summed E-state index contributed by atoms with van der Waals surface area (Å²) in [7, 11) is 0. The average Bonchev–Trinajstić information content (AvgIpc) is 2.65. The summed E-state index contributed by atoms with van der Waals surface area (Å²) in [5.41, 5.74) is 2.02. The summed E-state index contributed by atoms with van der Waals surface area (Å²) in [4.78, 5) is 13.4. The van der Waals surface area contributed by atoms with Crippen molar-refractivity contribution >= 4 is 24.0 Å². The Morgan fingerprint density at radius 3 is 2.29 bits per heavy atom. The van der Waals surface area contributed by atoms with Crippen LogP contribution in [0.15, 0.2) is 54.6 Å². The number of piperidine rings is 1. The zero-order chi connectivity index (χ0) is 19.3. The zero-order valence-corrected chi connectivity index (χ0v) is 17.0. The molecule has 1 aliphatic rings. The highest BCUT2D eigenvalue weighted by atomic mass is 35.5. The van der Waals surface area contributed by atoms with Crippen molar-refractivity contribution in [1.29, 1.82) is 0 Å². The minimum Gasteiger partial charge on any atom is -0.390 e. The van der Waals surface area contributed by atoms with Crippen molar-refractivity contribution in [3.05, 3.63) is 65.7 Å². The minimum absolute atomic E-state index is 0. The van der Waals surface area contributed by atoms with E-state index in [-0.39, 0.29) is 18.3 Å². The number of carbonyl (C=O) groups excluding carboxylic acids is 1. The van der Waals surface area contributed by atoms with E-state index in [2.05, 4.69) is 10.2 Å². The number of benzene rings is 2. The van der Waals surface area contributed by atoms with Gasteiger partial charge in [-0.15, -0.1) is 12.4 Å². The number of amides is 1. The fraction of sp³-hybridized carbons (Fsp3) is 0.409. The molecule has 2 aromatic carbocycles. The van der Waals surface area contributed by atoms with Gasteiger partial charge in [-0.2, -0.15) is 0 Å². The van der Waals surface area contributed by atoms with E-state index in [9.17, 15) is 15.0 Å². The predicted molar refractivity (Wildman–Crippen MR) is 113 cm³/mol. The monoisotopic (exact) mass is 404 g/mol. The number of nitrogens with one attached hydrogen (secondary N) is 1. The molecule has 0 radical (unpaired) electrons. The smallest absolute Gasteiger partial charge is 0.221 e. The molecule has 6 heteroatoms. The maximum atomic E-state index is 11.1. The number of likely N-dealkylation sites (tertiary alicyclic amines) is 1. The minimum atomic E-state index is -0.818. The number of hydrogen-bond acceptors (Lipinski definition) is 4. The maximum absolute atomic E-state index is 11.1. The lowest BCUT2D eigenvalue weighted by atomic mass is 9.84. The normalized spacial score (nSPS) is 17.4. The van der Waals surface area contributed by atoms with Gasteiger partial charge >= 0.3 is 0 Å². The first kappa shape index (κ1) is 22.4. The summed E-state index contributed by atoms with van der Waals surface area (Å²) < 4.78 is 0. The van der Waals surface area contributed by atoms with Gasteiger partial charge in [-0.1, -0.05) is 42.5 Å². The molecule has 1 unspecified atom stereocenters. The van der Waals surface area contributed by atoms with E-state index in [0.717, 1.165) is 30.9 Å². The van der Waals surface area contributed by atoms with Crippen molar-refractivity contribution in [3.63, 3.8) is 0 Å². The van der Waals surface area contributed by atoms with Crippen molar-refractivity contribution < 1.29 is 15.0 Å². The Bertz CT molecular complexity index is 744. The van der Waals surface area contributed by atoms with Crippen molar-refractivity contribution in [2.75, 3.05) is 18.4 Å². The van der Waals surface area contributed by atoms with Crippen molar-refractivity contribution in [3.8, 4) is 0 Å². The first-order valence-electron chi connectivity index (χ1n) is 9.48. The summed E-state index contributed by atoms with van der Waals surface area (Å²) >= 11 is 0. The molecule has 3 rings (SSSR count). The lowest BCUT2D eigenvalue weighted by Crippen LogP contribution is -2.44. The van der Waals surface area contributed by atoms with Crippen LogP contribution >= 0.6 is 12.4 Å². The molecule has 1 heterocycles. The highest BCUT2D eigenvalue weighted by Crippen LogP contribution is 2.32. The Hall–Kier alpha value is -1.92. The highest BCUT2D eigenvalue weighted by Gasteiger charge is 2.34. The number of hydrogen-bond donors (Lipinski definition) is 3. The topological polar surface area (TPSA) is 72.8 Å². The largest absolute Gasteiger partial charge is 0.390 e. The summed E-state index contributed by atoms with van der Waals surface area (Å²) in [5.74, 6) is -0.0734. The first-order valence-corrected chi connectivity index (χ1v) is 9.48. The SMILES string of the molecule is CC(=O)Nc1ccc(CN2CCC(O)(CC(O)c3ccccc3)CC2)cc1.Cl. The van der Waals surface area contributed by atoms with Crippen LogP contribution in [0.4, 0.5) is 5.69 Å². The van der Waals surface area contributed by atoms with Crippen LogP contribution in [0.25, 0.3) is 0 Å². The molecular formula is C22H29ClN2O3. The molecule has 1 amide bonds. The van der Waals surface area contributed by atoms with Gasteiger partial charge in [-0.05, 0) is 36.1 Å². The Morgan fingerprint density at radius 2 is 1.71 bits per heavy atom. The number of carbonyl (C=O) groups is 1. The van der Waals surface area contributed by atoms with E-state index >= 15 is 0 Å². The van der Waals surface area contributed by atoms with Crippen LogP contribution in [-0.2, 0) is 11.3 Å². The maximum Gasteiger partial charge on any atom is 0.221 e. The molecule has 152 valence electrons. The van der Waals surface area contributed by atoms with Gasteiger partial charge < -0.3 is 15.5 Å². The third-order valence-electron chi connectivity index (χ3n) is 5.22. The number of aliphatic hydroxyl groups excluding tert-OH is 1. The molecule has 1 fully saturated rings. The third kappa shape index (κ3) is 6.31. The summed E-state index contributed by atoms with van der Waals surface area (Å²) in [5, 5.41) is 24.1. The second-order valence-electron chi connectivity index (χ2n) is 7.51. The Balaban J connectivity index is 0.00000280. The molecule has 3 N–H and O–H groups in total. The molecule has 28 heavy (non-hydrogen) atoms. The van der Waals surface area contributed by atoms with E-state index in [0.29, 0.717) is 19.3 Å². The molecule has 1 atom stereocenters. The van der Waals surface area contributed by atoms with Crippen LogP contribution in [0.2, 0.25) is 0 Å². The Labute approximate surface area is 172 Å². The summed E-state index contributed by atoms with van der Waals surface area (Å²) in [6.07, 6.45) is 1.04. The van der Waals surface area contributed by atoms with Gasteiger partial charge in [0.25, 0.3) is 0 Å². The number of nitrogens with zero attached hydrogens (tertiary/aromatic N) is 1. The van der Waals surface area contributed by atoms with E-state index in [1.54, 1.807) is 0 Å². The number of rotatable bonds is 6. The van der Waals surface area contributed by atoms with Gasteiger partial charge in [0.05, 0.1) is 11.7 Å². The molecule has 0 spiro atoms. The molecule has 2 aromatic rings. The van der Waals surface area contributed by atoms with Crippen molar-refractivity contribution in [2.45, 2.75) is 44.4 Å². The van der Waals surface area contributed by atoms with Crippen LogP contribution in [-0.4, -0.2) is 39.7 Å². The van der Waals surface area contributed by atoms with Gasteiger partial charge in [-0.25, -0.2) is 0 Å². The first-order chi connectivity index (χ1) is 12.9. The third-order valence-corrected chi connectivity index (χ3v) is 5.22. The molecule has 0 bridgehead atoms. The molecule has 0 saturated carbocycles. The predicted octanol–water partition coefficient (Wildman–Crippen LogP) is 3.52. The summed E-state index contributed by atoms with van der Waals surface area (Å²) in [6.45, 7) is 3.91. The van der Waals surface area contributed by atoms with Gasteiger partial charge in [0, 0.05) is 38.7 Å². The standard InChI is InChI=1S/C22H28N2O3.ClH/c1-17(25)23-20-9-7-18(8-10-20)16-24-13-11-22(27,12-14-24)15-21(26)19-5-3-2-4-6-19;/h2-10,21,26-27H,11-16H2,1H3,(H,23,25);1H. The lowest BCUT2D eigenvalue weighted by Gasteiger charge is -2.39. The van der Waals surface area contributed by atoms with E-state index in [4.69, 9.17) is 0 Å². The fourth-order valence-corrected chi connectivity index (χ4v) is 3.64. The van der Waals surface area contributed by atoms with Crippen molar-refractivity contribution in [2.24, 2.45) is 0 Å². The van der Waals surface area contributed by atoms with Crippen molar-refractivity contribution in [1.82, 2.24) is 4.90 Å². The van der Waals surface area contributed by atoms with Crippen LogP contribution in [0.5, 0.6) is 0 Å². The van der Waals surface area contributed by atoms with Gasteiger partial charge in [0.1, 0.15) is 0 Å². The van der Waals surface area contributed by atoms with Crippen LogP contribution in [0.1, 0.15) is 43.4 Å². The quantitative estimate of drug-likeness (QED) is 0.688. The molecule has 0 aliphatic carbocycles. The second-order valence-corrected chi connectivity index (χ2v) is 7.51. The number of aliphatic hydroxyl groups is 2. The lowest BCUT2D eigenvalue weighted by molar-refractivity contribution is -0.114. The van der Waals surface area contributed by atoms with Crippen LogP contribution < -0.4 is 5.32 Å². The molecule has 0 aromatic heterocycles. The van der Waals surface area contributed by atoms with E-state index < -0.39 is 11.7 Å².